The van der Waals surface area contributed by atoms with Gasteiger partial charge in [0.2, 0.25) is 0 Å². The molecule has 0 spiro atoms. The van der Waals surface area contributed by atoms with Gasteiger partial charge < -0.3 is 15.0 Å². The van der Waals surface area contributed by atoms with Gasteiger partial charge in [0, 0.05) is 18.3 Å². The molecule has 3 heterocycles. The number of nitrogens with one attached hydrogen (secondary N) is 1. The van der Waals surface area contributed by atoms with Gasteiger partial charge in [-0.25, -0.2) is 0 Å². The Morgan fingerprint density at radius 1 is 1.13 bits per heavy atom. The molecule has 6 nitrogen and oxygen atoms in total. The number of ketones is 1. The third-order valence-electron chi connectivity index (χ3n) is 5.88. The minimum Gasteiger partial charge on any atom is -0.371 e. The number of fused-ring (bicyclic) bond motifs is 1. The van der Waals surface area contributed by atoms with Crippen LogP contribution in [0.25, 0.3) is 0 Å². The van der Waals surface area contributed by atoms with Gasteiger partial charge in [0.15, 0.2) is 5.78 Å². The Morgan fingerprint density at radius 2 is 1.93 bits per heavy atom. The van der Waals surface area contributed by atoms with Crippen molar-refractivity contribution in [3.63, 3.8) is 0 Å². The molecule has 4 rings (SSSR count). The van der Waals surface area contributed by atoms with E-state index in [2.05, 4.69) is 22.2 Å². The molecule has 158 valence electrons. The van der Waals surface area contributed by atoms with Crippen LogP contribution in [0.1, 0.15) is 40.9 Å². The monoisotopic (exact) mass is 406 g/mol. The van der Waals surface area contributed by atoms with Crippen LogP contribution in [0.4, 0.5) is 5.69 Å². The first kappa shape index (κ1) is 20.8. The first-order valence-corrected chi connectivity index (χ1v) is 10.8. The van der Waals surface area contributed by atoms with Gasteiger partial charge in [0.05, 0.1) is 36.7 Å². The van der Waals surface area contributed by atoms with E-state index in [-0.39, 0.29) is 5.78 Å². The fourth-order valence-corrected chi connectivity index (χ4v) is 4.06. The number of carbonyl (C=O) groups excluding carboxylic acids is 1. The highest BCUT2D eigenvalue weighted by Crippen LogP contribution is 2.29. The Morgan fingerprint density at radius 3 is 2.73 bits per heavy atom. The number of rotatable bonds is 8. The maximum Gasteiger partial charge on any atom is 0.170 e. The van der Waals surface area contributed by atoms with Crippen LogP contribution in [0.15, 0.2) is 47.6 Å². The molecule has 0 unspecified atom stereocenters. The average molecular weight is 407 g/mol. The number of likely N-dealkylation sites (tertiary alicyclic amines) is 1. The molecule has 2 aliphatic rings. The van der Waals surface area contributed by atoms with Gasteiger partial charge in [0.1, 0.15) is 0 Å². The van der Waals surface area contributed by atoms with E-state index < -0.39 is 0 Å². The van der Waals surface area contributed by atoms with E-state index in [0.717, 1.165) is 36.6 Å². The second-order valence-electron chi connectivity index (χ2n) is 8.29. The number of piperidine rings is 1. The third kappa shape index (κ3) is 5.39. The zero-order valence-corrected chi connectivity index (χ0v) is 17.6. The van der Waals surface area contributed by atoms with E-state index in [1.807, 2.05) is 30.3 Å². The summed E-state index contributed by atoms with van der Waals surface area (Å²) in [4.78, 5) is 24.3. The predicted molar refractivity (Wildman–Crippen MR) is 118 cm³/mol. The molecule has 2 aliphatic heterocycles. The molecule has 0 amide bonds. The molecule has 6 heteroatoms. The fourth-order valence-electron chi connectivity index (χ4n) is 4.06. The van der Waals surface area contributed by atoms with Crippen molar-refractivity contribution in [2.24, 2.45) is 10.9 Å². The van der Waals surface area contributed by atoms with Crippen LogP contribution < -0.4 is 5.32 Å². The molecule has 30 heavy (non-hydrogen) atoms. The average Bonchev–Trinajstić information content (AvgIpc) is 2.76. The van der Waals surface area contributed by atoms with Crippen molar-refractivity contribution in [1.29, 1.82) is 0 Å². The molecule has 1 aromatic carbocycles. The number of benzene rings is 1. The Kier molecular flexibility index (Phi) is 7.00. The maximum atomic E-state index is 12.6. The van der Waals surface area contributed by atoms with Crippen LogP contribution in [0, 0.1) is 5.92 Å². The van der Waals surface area contributed by atoms with Gasteiger partial charge >= 0.3 is 0 Å². The maximum absolute atomic E-state index is 12.6. The van der Waals surface area contributed by atoms with Crippen LogP contribution >= 0.6 is 0 Å². The van der Waals surface area contributed by atoms with Crippen molar-refractivity contribution in [2.75, 3.05) is 33.3 Å². The van der Waals surface area contributed by atoms with Gasteiger partial charge in [-0.05, 0) is 57.1 Å². The lowest BCUT2D eigenvalue weighted by Crippen LogP contribution is -2.35. The van der Waals surface area contributed by atoms with Crippen molar-refractivity contribution in [1.82, 2.24) is 15.2 Å². The summed E-state index contributed by atoms with van der Waals surface area (Å²) in [7, 11) is 2.18. The number of ether oxygens (including phenoxy) is 1. The second kappa shape index (κ2) is 10.1. The molecule has 0 aliphatic carbocycles. The van der Waals surface area contributed by atoms with E-state index >= 15 is 0 Å². The normalized spacial score (nSPS) is 17.6. The minimum atomic E-state index is 0.0947. The predicted octanol–water partition coefficient (Wildman–Crippen LogP) is 3.39. The first-order chi connectivity index (χ1) is 14.7. The molecule has 1 saturated heterocycles. The third-order valence-corrected chi connectivity index (χ3v) is 5.88. The molecule has 0 atom stereocenters. The topological polar surface area (TPSA) is 66.8 Å². The highest BCUT2D eigenvalue weighted by molar-refractivity contribution is 6.16. The summed E-state index contributed by atoms with van der Waals surface area (Å²) >= 11 is 0. The second-order valence-corrected chi connectivity index (χ2v) is 8.29. The van der Waals surface area contributed by atoms with Crippen molar-refractivity contribution in [2.45, 2.75) is 32.4 Å². The highest BCUT2D eigenvalue weighted by Gasteiger charge is 2.23. The largest absolute Gasteiger partial charge is 0.371 e. The van der Waals surface area contributed by atoms with Crippen molar-refractivity contribution in [3.05, 3.63) is 59.4 Å². The van der Waals surface area contributed by atoms with Gasteiger partial charge in [0.25, 0.3) is 0 Å². The van der Waals surface area contributed by atoms with Gasteiger partial charge in [-0.15, -0.1) is 0 Å². The molecular formula is C24H30N4O2. The van der Waals surface area contributed by atoms with E-state index in [4.69, 9.17) is 9.73 Å². The summed E-state index contributed by atoms with van der Waals surface area (Å²) in [6.45, 7) is 4.80. The van der Waals surface area contributed by atoms with Crippen LogP contribution in [0.2, 0.25) is 0 Å². The number of aromatic nitrogens is 1. The number of hydrogen-bond acceptors (Lipinski definition) is 6. The van der Waals surface area contributed by atoms with Crippen molar-refractivity contribution >= 4 is 17.2 Å². The standard InChI is InChI=1S/C24H30N4O2/c1-28-11-8-18(9-12-28)14-25-15-22-24-21(7-10-26-22)23(29)13-20(27-24)17-30-16-19-5-3-2-4-6-19/h2-7,10,18,25H,8-9,11-17H2,1H3. The number of hydrogen-bond donors (Lipinski definition) is 1. The van der Waals surface area contributed by atoms with E-state index in [1.165, 1.54) is 12.8 Å². The molecule has 0 radical (unpaired) electrons. The smallest absolute Gasteiger partial charge is 0.170 e. The summed E-state index contributed by atoms with van der Waals surface area (Å²) in [5.74, 6) is 0.796. The summed E-state index contributed by atoms with van der Waals surface area (Å²) in [6.07, 6.45) is 4.48. The Bertz CT molecular complexity index is 889. The lowest BCUT2D eigenvalue weighted by molar-refractivity contribution is 0.0993. The number of aliphatic imine (C=N–C) groups is 1. The summed E-state index contributed by atoms with van der Waals surface area (Å²) in [6, 6.07) is 11.8. The number of pyridine rings is 1. The molecular weight excluding hydrogens is 376 g/mol. The molecule has 0 bridgehead atoms. The van der Waals surface area contributed by atoms with Crippen molar-refractivity contribution < 1.29 is 9.53 Å². The Balaban J connectivity index is 1.36. The van der Waals surface area contributed by atoms with Crippen LogP contribution in [-0.4, -0.2) is 54.7 Å². The quantitative estimate of drug-likeness (QED) is 0.728. The Labute approximate surface area is 178 Å². The Hall–Kier alpha value is -2.41. The summed E-state index contributed by atoms with van der Waals surface area (Å²) in [5.41, 5.74) is 4.11. The SMILES string of the molecule is CN1CCC(CNCc2nccc3c2N=C(COCc2ccccc2)CC3=O)CC1. The highest BCUT2D eigenvalue weighted by atomic mass is 16.5. The van der Waals surface area contributed by atoms with Gasteiger partial charge in [-0.2, -0.15) is 0 Å². The number of Topliss-reactive ketones (excluding diaryl/α,β-unsaturated/α-hetero) is 1. The lowest BCUT2D eigenvalue weighted by Gasteiger charge is -2.29. The minimum absolute atomic E-state index is 0.0947. The zero-order valence-electron chi connectivity index (χ0n) is 17.6. The van der Waals surface area contributed by atoms with E-state index in [9.17, 15) is 4.79 Å². The van der Waals surface area contributed by atoms with Gasteiger partial charge in [-0.1, -0.05) is 30.3 Å². The molecule has 1 aromatic heterocycles. The lowest BCUT2D eigenvalue weighted by atomic mass is 9.97. The fraction of sp³-hybridized carbons (Fsp3) is 0.458. The van der Waals surface area contributed by atoms with Crippen molar-refractivity contribution in [3.8, 4) is 0 Å². The number of nitrogens with zero attached hydrogens (tertiary/aromatic N) is 3. The number of carbonyl (C=O) groups is 1. The summed E-state index contributed by atoms with van der Waals surface area (Å²) in [5, 5.41) is 3.54. The molecule has 0 saturated carbocycles. The zero-order chi connectivity index (χ0) is 20.8. The van der Waals surface area contributed by atoms with Crippen LogP contribution in [-0.2, 0) is 17.9 Å². The summed E-state index contributed by atoms with van der Waals surface area (Å²) < 4.78 is 5.81. The van der Waals surface area contributed by atoms with E-state index in [0.29, 0.717) is 43.3 Å². The molecule has 1 N–H and O–H groups in total. The van der Waals surface area contributed by atoms with E-state index in [1.54, 1.807) is 12.3 Å². The van der Waals surface area contributed by atoms with Crippen LogP contribution in [0.5, 0.6) is 0 Å². The van der Waals surface area contributed by atoms with Crippen LogP contribution in [0.3, 0.4) is 0 Å². The molecule has 1 fully saturated rings. The molecule has 2 aromatic rings. The van der Waals surface area contributed by atoms with Gasteiger partial charge in [-0.3, -0.25) is 14.8 Å². The first-order valence-electron chi connectivity index (χ1n) is 10.8.